The van der Waals surface area contributed by atoms with Crippen molar-refractivity contribution in [2.75, 3.05) is 5.73 Å². The molecule has 1 saturated heterocycles. The van der Waals surface area contributed by atoms with Crippen molar-refractivity contribution >= 4 is 34.9 Å². The van der Waals surface area contributed by atoms with E-state index in [1.165, 1.54) is 11.3 Å². The SMILES string of the molecule is Nc1nc(/C(=N\OCc2cc(=O)c(O)cn2O)C2=CB3CC(CC(=O)O)CCC3N2)cs1. The van der Waals surface area contributed by atoms with Crippen LogP contribution in [0.15, 0.2) is 39.3 Å². The Labute approximate surface area is 186 Å². The summed E-state index contributed by atoms with van der Waals surface area (Å²) < 4.78 is 0.594. The lowest BCUT2D eigenvalue weighted by Crippen LogP contribution is -2.41. The first-order chi connectivity index (χ1) is 15.3. The lowest BCUT2D eigenvalue weighted by atomic mass is 9.38. The number of hydrogen-bond donors (Lipinski definition) is 5. The van der Waals surface area contributed by atoms with E-state index in [1.54, 1.807) is 5.38 Å². The Balaban J connectivity index is 1.55. The van der Waals surface area contributed by atoms with Crippen LogP contribution in [-0.2, 0) is 16.2 Å². The fourth-order valence-corrected chi connectivity index (χ4v) is 4.70. The van der Waals surface area contributed by atoms with Crippen LogP contribution in [0.3, 0.4) is 0 Å². The number of oxime groups is 1. The molecular formula is C19H22BN5O6S. The molecule has 2 aromatic rings. The van der Waals surface area contributed by atoms with Gasteiger partial charge in [-0.1, -0.05) is 17.5 Å². The number of nitrogens with two attached hydrogens (primary N) is 1. The van der Waals surface area contributed by atoms with E-state index in [0.717, 1.165) is 31.4 Å². The van der Waals surface area contributed by atoms with E-state index in [1.807, 2.05) is 5.98 Å². The zero-order chi connectivity index (χ0) is 22.8. The Morgan fingerprint density at radius 2 is 2.28 bits per heavy atom. The number of carbonyl (C=O) groups is 1. The first-order valence-corrected chi connectivity index (χ1v) is 10.9. The number of carboxylic acids is 1. The third-order valence-corrected chi connectivity index (χ3v) is 6.34. The molecule has 0 radical (unpaired) electrons. The van der Waals surface area contributed by atoms with E-state index in [4.69, 9.17) is 15.7 Å². The number of aromatic hydroxyl groups is 1. The van der Waals surface area contributed by atoms with Crippen LogP contribution in [0.2, 0.25) is 6.32 Å². The molecule has 0 amide bonds. The number of carboxylic acid groups (broad SMARTS) is 1. The highest BCUT2D eigenvalue weighted by molar-refractivity contribution is 7.13. The molecule has 4 rings (SSSR count). The molecule has 11 nitrogen and oxygen atoms in total. The summed E-state index contributed by atoms with van der Waals surface area (Å²) in [7, 11) is 0. The van der Waals surface area contributed by atoms with E-state index in [9.17, 15) is 19.9 Å². The minimum atomic E-state index is -0.784. The maximum Gasteiger partial charge on any atom is 0.303 e. The molecule has 1 fully saturated rings. The molecule has 0 aromatic carbocycles. The summed E-state index contributed by atoms with van der Waals surface area (Å²) in [5, 5.41) is 38.1. The predicted molar refractivity (Wildman–Crippen MR) is 118 cm³/mol. The van der Waals surface area contributed by atoms with E-state index >= 15 is 0 Å². The van der Waals surface area contributed by atoms with Gasteiger partial charge < -0.3 is 31.3 Å². The van der Waals surface area contributed by atoms with Gasteiger partial charge in [0, 0.05) is 23.8 Å². The Morgan fingerprint density at radius 3 is 3.00 bits per heavy atom. The summed E-state index contributed by atoms with van der Waals surface area (Å²) in [6, 6.07) is 1.05. The summed E-state index contributed by atoms with van der Waals surface area (Å²) >= 11 is 1.26. The maximum absolute atomic E-state index is 11.6. The van der Waals surface area contributed by atoms with Crippen LogP contribution < -0.4 is 16.5 Å². The zero-order valence-electron chi connectivity index (χ0n) is 17.0. The van der Waals surface area contributed by atoms with E-state index in [0.29, 0.717) is 27.0 Å². The van der Waals surface area contributed by atoms with Crippen molar-refractivity contribution in [2.24, 2.45) is 11.1 Å². The van der Waals surface area contributed by atoms with Gasteiger partial charge in [0.2, 0.25) is 5.43 Å². The molecule has 2 aliphatic heterocycles. The second kappa shape index (κ2) is 8.95. The minimum absolute atomic E-state index is 0.104. The molecule has 0 saturated carbocycles. The summed E-state index contributed by atoms with van der Waals surface area (Å²) in [6.45, 7) is -0.0559. The largest absolute Gasteiger partial charge is 0.503 e. The van der Waals surface area contributed by atoms with Gasteiger partial charge in [-0.2, -0.15) is 4.73 Å². The van der Waals surface area contributed by atoms with Crippen molar-refractivity contribution in [3.63, 3.8) is 0 Å². The van der Waals surface area contributed by atoms with Crippen molar-refractivity contribution in [1.29, 1.82) is 0 Å². The van der Waals surface area contributed by atoms with Crippen molar-refractivity contribution in [2.45, 2.75) is 38.1 Å². The number of anilines is 1. The van der Waals surface area contributed by atoms with Crippen LogP contribution in [0.5, 0.6) is 5.75 Å². The van der Waals surface area contributed by atoms with Gasteiger partial charge in [-0.15, -0.1) is 11.3 Å². The number of nitrogen functional groups attached to an aromatic ring is 1. The number of allylic oxidation sites excluding steroid dienone is 1. The average Bonchev–Trinajstić information content (AvgIpc) is 3.34. The maximum atomic E-state index is 11.6. The fourth-order valence-electron chi connectivity index (χ4n) is 4.16. The Morgan fingerprint density at radius 1 is 1.47 bits per heavy atom. The van der Waals surface area contributed by atoms with Crippen molar-refractivity contribution in [3.05, 3.63) is 50.9 Å². The second-order valence-corrected chi connectivity index (χ2v) is 8.80. The van der Waals surface area contributed by atoms with Gasteiger partial charge in [0.15, 0.2) is 29.9 Å². The van der Waals surface area contributed by atoms with E-state index < -0.39 is 17.1 Å². The molecule has 168 valence electrons. The molecule has 2 atom stereocenters. The van der Waals surface area contributed by atoms with Gasteiger partial charge in [-0.05, 0) is 18.8 Å². The number of aromatic nitrogens is 2. The van der Waals surface area contributed by atoms with Crippen LogP contribution in [0.4, 0.5) is 5.13 Å². The molecular weight excluding hydrogens is 437 g/mol. The van der Waals surface area contributed by atoms with Gasteiger partial charge in [0.25, 0.3) is 0 Å². The first-order valence-electron chi connectivity index (χ1n) is 10.1. The normalized spacial score (nSPS) is 20.4. The summed E-state index contributed by atoms with van der Waals surface area (Å²) in [4.78, 5) is 32.4. The number of nitrogens with one attached hydrogen (secondary N) is 1. The summed E-state index contributed by atoms with van der Waals surface area (Å²) in [5.74, 6) is 0.972. The Kier molecular flexibility index (Phi) is 6.08. The van der Waals surface area contributed by atoms with Crippen LogP contribution in [0.25, 0.3) is 0 Å². The van der Waals surface area contributed by atoms with Crippen LogP contribution in [0.1, 0.15) is 30.7 Å². The van der Waals surface area contributed by atoms with Crippen LogP contribution >= 0.6 is 11.3 Å². The topological polar surface area (TPSA) is 172 Å². The molecule has 6 N–H and O–H groups in total. The van der Waals surface area contributed by atoms with Crippen molar-refractivity contribution < 1.29 is 25.1 Å². The molecule has 0 aliphatic carbocycles. The number of thiazole rings is 1. The number of hydrogen-bond acceptors (Lipinski definition) is 10. The zero-order valence-corrected chi connectivity index (χ0v) is 17.8. The molecule has 0 bridgehead atoms. The monoisotopic (exact) mass is 459 g/mol. The molecule has 2 unspecified atom stereocenters. The van der Waals surface area contributed by atoms with E-state index in [-0.39, 0.29) is 37.3 Å². The number of pyridine rings is 1. The molecule has 13 heteroatoms. The number of nitrogens with zero attached hydrogens (tertiary/aromatic N) is 3. The minimum Gasteiger partial charge on any atom is -0.503 e. The number of aliphatic carboxylic acids is 1. The van der Waals surface area contributed by atoms with Crippen LogP contribution in [0, 0.1) is 5.92 Å². The lowest BCUT2D eigenvalue weighted by molar-refractivity contribution is -0.138. The molecule has 2 aromatic heterocycles. The third kappa shape index (κ3) is 4.72. The van der Waals surface area contributed by atoms with Crippen molar-refractivity contribution in [3.8, 4) is 5.75 Å². The summed E-state index contributed by atoms with van der Waals surface area (Å²) in [6.07, 6.45) is 3.50. The van der Waals surface area contributed by atoms with Gasteiger partial charge in [-0.3, -0.25) is 9.59 Å². The van der Waals surface area contributed by atoms with Gasteiger partial charge in [0.05, 0.1) is 11.9 Å². The summed E-state index contributed by atoms with van der Waals surface area (Å²) in [5.41, 5.74) is 6.90. The smallest absolute Gasteiger partial charge is 0.303 e. The highest BCUT2D eigenvalue weighted by Gasteiger charge is 2.38. The number of fused-ring (bicyclic) bond motifs is 1. The molecule has 2 aliphatic rings. The average molecular weight is 459 g/mol. The van der Waals surface area contributed by atoms with E-state index in [2.05, 4.69) is 15.5 Å². The highest BCUT2D eigenvalue weighted by Crippen LogP contribution is 2.32. The van der Waals surface area contributed by atoms with Gasteiger partial charge in [0.1, 0.15) is 11.4 Å². The predicted octanol–water partition coefficient (Wildman–Crippen LogP) is 1.06. The number of rotatable bonds is 7. The fraction of sp³-hybridized carbons (Fsp3) is 0.368. The van der Waals surface area contributed by atoms with Crippen LogP contribution in [-0.4, -0.2) is 49.5 Å². The first kappa shape index (κ1) is 21.7. The highest BCUT2D eigenvalue weighted by atomic mass is 32.1. The second-order valence-electron chi connectivity index (χ2n) is 7.92. The quantitative estimate of drug-likeness (QED) is 0.176. The molecule has 4 heterocycles. The standard InChI is InChI=1S/C19H22BN5O6S/c21-19-23-13(9-32-19)18(24-31-8-11-4-14(26)15(27)7-25(11)30)12-6-20-5-10(3-17(28)29)1-2-16(20)22-12/h4,6-7,9-10,16,22,27,30H,1-3,5,8H2,(H2,21,23)(H,28,29)/b24-18-. The molecule has 32 heavy (non-hydrogen) atoms. The lowest BCUT2D eigenvalue weighted by Gasteiger charge is -2.29. The molecule has 0 spiro atoms. The Hall–Kier alpha value is -3.48. The Bertz CT molecular complexity index is 1150. The van der Waals surface area contributed by atoms with Gasteiger partial charge >= 0.3 is 5.97 Å². The van der Waals surface area contributed by atoms with Gasteiger partial charge in [-0.25, -0.2) is 4.98 Å². The third-order valence-electron chi connectivity index (χ3n) is 5.67. The van der Waals surface area contributed by atoms with Crippen molar-refractivity contribution in [1.82, 2.24) is 15.0 Å².